The van der Waals surface area contributed by atoms with Crippen molar-refractivity contribution >= 4 is 22.9 Å². The van der Waals surface area contributed by atoms with Gasteiger partial charge in [0.05, 0.1) is 0 Å². The van der Waals surface area contributed by atoms with Gasteiger partial charge in [-0.15, -0.1) is 0 Å². The maximum Gasteiger partial charge on any atom is 0.314 e. The van der Waals surface area contributed by atoms with Crippen LogP contribution in [0, 0.1) is 0 Å². The number of hydrogen-bond acceptors (Lipinski definition) is 2. The maximum atomic E-state index is 11.5. The van der Waals surface area contributed by atoms with E-state index in [9.17, 15) is 9.59 Å². The molecule has 0 saturated carbocycles. The van der Waals surface area contributed by atoms with Gasteiger partial charge in [-0.25, -0.2) is 4.79 Å². The molecule has 0 unspecified atom stereocenters. The maximum absolute atomic E-state index is 11.5. The number of carbonyl (C=O) groups excluding carboxylic acids is 1. The molecule has 0 spiro atoms. The summed E-state index contributed by atoms with van der Waals surface area (Å²) >= 11 is 0. The lowest BCUT2D eigenvalue weighted by molar-refractivity contribution is -0.137. The van der Waals surface area contributed by atoms with E-state index in [0.29, 0.717) is 19.5 Å². The molecule has 0 radical (unpaired) electrons. The summed E-state index contributed by atoms with van der Waals surface area (Å²) in [4.78, 5) is 21.8. The van der Waals surface area contributed by atoms with E-state index in [2.05, 4.69) is 39.6 Å². The van der Waals surface area contributed by atoms with Crippen molar-refractivity contribution in [1.82, 2.24) is 15.2 Å². The van der Waals surface area contributed by atoms with E-state index in [1.165, 1.54) is 10.9 Å². The van der Waals surface area contributed by atoms with Gasteiger partial charge in [0, 0.05) is 37.8 Å². The lowest BCUT2D eigenvalue weighted by Gasteiger charge is -2.08. The molecule has 1 heterocycles. The summed E-state index contributed by atoms with van der Waals surface area (Å²) in [5, 5.41) is 15.1. The van der Waals surface area contributed by atoms with Gasteiger partial charge in [0.2, 0.25) is 0 Å². The molecule has 0 aliphatic heterocycles. The van der Waals surface area contributed by atoms with Gasteiger partial charge in [0.25, 0.3) is 0 Å². The quantitative estimate of drug-likeness (QED) is 0.654. The molecule has 0 atom stereocenters. The standard InChI is InChI=1S/C16H21N3O3/c20-15(21)7-3-9-17-16(22)18-10-4-11-19-12-8-13-5-1-2-6-14(13)19/h1-2,5-6,8,12H,3-4,7,9-11H2,(H,20,21)(H2,17,18,22). The van der Waals surface area contributed by atoms with E-state index >= 15 is 0 Å². The molecule has 118 valence electrons. The molecule has 0 aliphatic carbocycles. The predicted octanol–water partition coefficient (Wildman–Crippen LogP) is 2.20. The van der Waals surface area contributed by atoms with Gasteiger partial charge in [-0.3, -0.25) is 4.79 Å². The summed E-state index contributed by atoms with van der Waals surface area (Å²) in [5.41, 5.74) is 1.20. The first-order valence-electron chi connectivity index (χ1n) is 7.44. The van der Waals surface area contributed by atoms with Gasteiger partial charge in [0.15, 0.2) is 0 Å². The van der Waals surface area contributed by atoms with Crippen LogP contribution in [0.4, 0.5) is 4.79 Å². The Kier molecular flexibility index (Phi) is 5.82. The number of aliphatic carboxylic acids is 1. The van der Waals surface area contributed by atoms with Crippen molar-refractivity contribution in [2.24, 2.45) is 0 Å². The molecule has 0 fully saturated rings. The Morgan fingerprint density at radius 2 is 1.77 bits per heavy atom. The number of para-hydroxylation sites is 1. The normalized spacial score (nSPS) is 10.5. The number of amides is 2. The highest BCUT2D eigenvalue weighted by Gasteiger charge is 2.02. The van der Waals surface area contributed by atoms with E-state index in [-0.39, 0.29) is 12.5 Å². The second kappa shape index (κ2) is 8.07. The average Bonchev–Trinajstić information content (AvgIpc) is 2.91. The number of nitrogens with zero attached hydrogens (tertiary/aromatic N) is 1. The SMILES string of the molecule is O=C(O)CCCNC(=O)NCCCn1ccc2ccccc21. The first kappa shape index (κ1) is 15.9. The minimum atomic E-state index is -0.846. The van der Waals surface area contributed by atoms with Crippen LogP contribution in [0.2, 0.25) is 0 Å². The molecule has 1 aromatic carbocycles. The fourth-order valence-electron chi connectivity index (χ4n) is 2.29. The van der Waals surface area contributed by atoms with E-state index in [1.807, 2.05) is 12.1 Å². The van der Waals surface area contributed by atoms with Crippen LogP contribution in [0.15, 0.2) is 36.5 Å². The smallest absolute Gasteiger partial charge is 0.314 e. The minimum absolute atomic E-state index is 0.0704. The Balaban J connectivity index is 1.63. The van der Waals surface area contributed by atoms with Crippen molar-refractivity contribution < 1.29 is 14.7 Å². The van der Waals surface area contributed by atoms with Crippen LogP contribution in [0.5, 0.6) is 0 Å². The van der Waals surface area contributed by atoms with E-state index in [1.54, 1.807) is 0 Å². The van der Waals surface area contributed by atoms with Gasteiger partial charge >= 0.3 is 12.0 Å². The number of fused-ring (bicyclic) bond motifs is 1. The fourth-order valence-corrected chi connectivity index (χ4v) is 2.29. The molecule has 6 nitrogen and oxygen atoms in total. The molecule has 0 saturated heterocycles. The van der Waals surface area contributed by atoms with Gasteiger partial charge < -0.3 is 20.3 Å². The number of benzene rings is 1. The Morgan fingerprint density at radius 1 is 1.05 bits per heavy atom. The number of rotatable bonds is 8. The van der Waals surface area contributed by atoms with Crippen LogP contribution in [0.3, 0.4) is 0 Å². The Labute approximate surface area is 129 Å². The Hall–Kier alpha value is -2.50. The topological polar surface area (TPSA) is 83.4 Å². The zero-order valence-corrected chi connectivity index (χ0v) is 12.4. The third kappa shape index (κ3) is 4.80. The highest BCUT2D eigenvalue weighted by Crippen LogP contribution is 2.15. The second-order valence-electron chi connectivity index (χ2n) is 5.10. The lowest BCUT2D eigenvalue weighted by atomic mass is 10.2. The van der Waals surface area contributed by atoms with E-state index < -0.39 is 5.97 Å². The summed E-state index contributed by atoms with van der Waals surface area (Å²) in [5.74, 6) is -0.846. The monoisotopic (exact) mass is 303 g/mol. The number of aromatic nitrogens is 1. The van der Waals surface area contributed by atoms with Gasteiger partial charge in [0.1, 0.15) is 0 Å². The van der Waals surface area contributed by atoms with Crippen molar-refractivity contribution in [2.45, 2.75) is 25.8 Å². The highest BCUT2D eigenvalue weighted by molar-refractivity contribution is 5.79. The first-order valence-corrected chi connectivity index (χ1v) is 7.44. The van der Waals surface area contributed by atoms with Crippen molar-refractivity contribution in [3.8, 4) is 0 Å². The zero-order chi connectivity index (χ0) is 15.8. The highest BCUT2D eigenvalue weighted by atomic mass is 16.4. The molecule has 6 heteroatoms. The number of aryl methyl sites for hydroxylation is 1. The molecule has 22 heavy (non-hydrogen) atoms. The third-order valence-corrected chi connectivity index (χ3v) is 3.39. The average molecular weight is 303 g/mol. The van der Waals surface area contributed by atoms with Crippen LogP contribution in [-0.4, -0.2) is 34.8 Å². The molecule has 2 rings (SSSR count). The molecular weight excluding hydrogens is 282 g/mol. The van der Waals surface area contributed by atoms with E-state index in [4.69, 9.17) is 5.11 Å². The number of nitrogens with one attached hydrogen (secondary N) is 2. The predicted molar refractivity (Wildman–Crippen MR) is 84.8 cm³/mol. The molecular formula is C16H21N3O3. The summed E-state index contributed by atoms with van der Waals surface area (Å²) in [6, 6.07) is 10.0. The number of hydrogen-bond donors (Lipinski definition) is 3. The number of urea groups is 1. The fraction of sp³-hybridized carbons (Fsp3) is 0.375. The van der Waals surface area contributed by atoms with Crippen molar-refractivity contribution in [2.75, 3.05) is 13.1 Å². The van der Waals surface area contributed by atoms with Crippen molar-refractivity contribution in [1.29, 1.82) is 0 Å². The van der Waals surface area contributed by atoms with E-state index in [0.717, 1.165) is 13.0 Å². The molecule has 0 bridgehead atoms. The lowest BCUT2D eigenvalue weighted by Crippen LogP contribution is -2.36. The summed E-state index contributed by atoms with van der Waals surface area (Å²) < 4.78 is 2.17. The van der Waals surface area contributed by atoms with Gasteiger partial charge in [-0.1, -0.05) is 18.2 Å². The Morgan fingerprint density at radius 3 is 2.55 bits per heavy atom. The van der Waals surface area contributed by atoms with Crippen molar-refractivity contribution in [3.05, 3.63) is 36.5 Å². The molecule has 1 aromatic heterocycles. The summed E-state index contributed by atoms with van der Waals surface area (Å²) in [6.45, 7) is 1.80. The first-order chi connectivity index (χ1) is 10.7. The van der Waals surface area contributed by atoms with Gasteiger partial charge in [-0.2, -0.15) is 0 Å². The number of carboxylic acids is 1. The molecule has 0 aliphatic rings. The number of carbonyl (C=O) groups is 2. The van der Waals surface area contributed by atoms with Crippen LogP contribution in [0.1, 0.15) is 19.3 Å². The minimum Gasteiger partial charge on any atom is -0.481 e. The molecule has 2 amide bonds. The third-order valence-electron chi connectivity index (χ3n) is 3.39. The van der Waals surface area contributed by atoms with Crippen LogP contribution >= 0.6 is 0 Å². The van der Waals surface area contributed by atoms with Crippen LogP contribution in [-0.2, 0) is 11.3 Å². The van der Waals surface area contributed by atoms with Gasteiger partial charge in [-0.05, 0) is 30.4 Å². The van der Waals surface area contributed by atoms with Crippen LogP contribution < -0.4 is 10.6 Å². The summed E-state index contributed by atoms with van der Waals surface area (Å²) in [7, 11) is 0. The largest absolute Gasteiger partial charge is 0.481 e. The molecule has 2 aromatic rings. The molecule has 3 N–H and O–H groups in total. The second-order valence-corrected chi connectivity index (χ2v) is 5.10. The van der Waals surface area contributed by atoms with Crippen LogP contribution in [0.25, 0.3) is 10.9 Å². The van der Waals surface area contributed by atoms with Crippen molar-refractivity contribution in [3.63, 3.8) is 0 Å². The zero-order valence-electron chi connectivity index (χ0n) is 12.4. The number of carboxylic acid groups (broad SMARTS) is 1. The Bertz CT molecular complexity index is 636. The summed E-state index contributed by atoms with van der Waals surface area (Å²) in [6.07, 6.45) is 3.40.